The summed E-state index contributed by atoms with van der Waals surface area (Å²) in [7, 11) is 0. The number of hydrogen-bond acceptors (Lipinski definition) is 3. The molecule has 0 aliphatic heterocycles. The molecule has 0 spiro atoms. The summed E-state index contributed by atoms with van der Waals surface area (Å²) in [5, 5.41) is 0.647. The molecular weight excluding hydrogens is 264 g/mol. The second kappa shape index (κ2) is 6.22. The molecule has 4 nitrogen and oxygen atoms in total. The van der Waals surface area contributed by atoms with Crippen molar-refractivity contribution >= 4 is 17.5 Å². The Morgan fingerprint density at radius 1 is 1.21 bits per heavy atom. The van der Waals surface area contributed by atoms with Crippen LogP contribution in [-0.4, -0.2) is 5.91 Å². The normalized spacial score (nSPS) is 10.0. The van der Waals surface area contributed by atoms with Gasteiger partial charge in [0, 0.05) is 5.02 Å². The molecule has 0 bridgehead atoms. The van der Waals surface area contributed by atoms with Crippen molar-refractivity contribution in [2.45, 2.75) is 6.61 Å². The summed E-state index contributed by atoms with van der Waals surface area (Å²) in [6.45, 7) is 0.329. The van der Waals surface area contributed by atoms with Crippen LogP contribution in [0.2, 0.25) is 5.02 Å². The predicted octanol–water partition coefficient (Wildman–Crippen LogP) is 2.52. The number of amides is 1. The Bertz CT molecular complexity index is 587. The molecule has 0 heterocycles. The van der Waals surface area contributed by atoms with Gasteiger partial charge >= 0.3 is 0 Å². The summed E-state index contributed by atoms with van der Waals surface area (Å²) in [6.07, 6.45) is 0. The summed E-state index contributed by atoms with van der Waals surface area (Å²) in [5.74, 6) is 5.22. The minimum atomic E-state index is -0.387. The van der Waals surface area contributed by atoms with Crippen LogP contribution < -0.4 is 16.0 Å². The lowest BCUT2D eigenvalue weighted by Crippen LogP contribution is -2.30. The van der Waals surface area contributed by atoms with Gasteiger partial charge in [0.1, 0.15) is 12.4 Å². The van der Waals surface area contributed by atoms with Crippen molar-refractivity contribution in [3.63, 3.8) is 0 Å². The van der Waals surface area contributed by atoms with Gasteiger partial charge in [-0.1, -0.05) is 35.9 Å². The van der Waals surface area contributed by atoms with E-state index in [9.17, 15) is 4.79 Å². The van der Waals surface area contributed by atoms with Gasteiger partial charge in [-0.2, -0.15) is 0 Å². The number of nitrogen functional groups attached to an aromatic ring is 1. The number of rotatable bonds is 4. The van der Waals surface area contributed by atoms with Gasteiger partial charge in [-0.05, 0) is 29.8 Å². The van der Waals surface area contributed by atoms with Crippen LogP contribution in [0, 0.1) is 0 Å². The molecule has 0 saturated carbocycles. The first-order chi connectivity index (χ1) is 9.20. The number of para-hydroxylation sites is 1. The molecule has 3 N–H and O–H groups in total. The first-order valence-electron chi connectivity index (χ1n) is 5.68. The highest BCUT2D eigenvalue weighted by molar-refractivity contribution is 6.30. The zero-order chi connectivity index (χ0) is 13.7. The zero-order valence-corrected chi connectivity index (χ0v) is 10.9. The first-order valence-corrected chi connectivity index (χ1v) is 6.05. The largest absolute Gasteiger partial charge is 0.488 e. The molecule has 0 saturated heterocycles. The molecule has 98 valence electrons. The van der Waals surface area contributed by atoms with Gasteiger partial charge in [-0.15, -0.1) is 0 Å². The topological polar surface area (TPSA) is 64.3 Å². The number of hydrogen-bond donors (Lipinski definition) is 2. The van der Waals surface area contributed by atoms with Crippen LogP contribution in [-0.2, 0) is 6.61 Å². The van der Waals surface area contributed by atoms with Crippen LogP contribution in [0.15, 0.2) is 48.5 Å². The van der Waals surface area contributed by atoms with Crippen LogP contribution in [0.1, 0.15) is 15.9 Å². The van der Waals surface area contributed by atoms with Crippen LogP contribution in [0.4, 0.5) is 0 Å². The van der Waals surface area contributed by atoms with E-state index in [1.54, 1.807) is 30.3 Å². The lowest BCUT2D eigenvalue weighted by Gasteiger charge is -2.10. The lowest BCUT2D eigenvalue weighted by molar-refractivity contribution is 0.0949. The Hall–Kier alpha value is -2.04. The summed E-state index contributed by atoms with van der Waals surface area (Å²) in [5.41, 5.74) is 3.41. The monoisotopic (exact) mass is 276 g/mol. The number of halogens is 1. The van der Waals surface area contributed by atoms with Crippen molar-refractivity contribution in [1.29, 1.82) is 0 Å². The molecule has 2 aromatic rings. The van der Waals surface area contributed by atoms with Crippen LogP contribution >= 0.6 is 11.6 Å². The van der Waals surface area contributed by atoms with Crippen LogP contribution in [0.25, 0.3) is 0 Å². The summed E-state index contributed by atoms with van der Waals surface area (Å²) in [4.78, 5) is 11.6. The summed E-state index contributed by atoms with van der Waals surface area (Å²) >= 11 is 5.89. The molecule has 0 fully saturated rings. The van der Waals surface area contributed by atoms with E-state index >= 15 is 0 Å². The minimum absolute atomic E-state index is 0.329. The van der Waals surface area contributed by atoms with E-state index in [2.05, 4.69) is 5.43 Å². The Labute approximate surface area is 116 Å². The number of nitrogens with two attached hydrogens (primary N) is 1. The molecule has 2 aromatic carbocycles. The average Bonchev–Trinajstić information content (AvgIpc) is 2.45. The quantitative estimate of drug-likeness (QED) is 0.512. The SMILES string of the molecule is NNC(=O)c1ccccc1OCc1cccc(Cl)c1. The molecule has 5 heteroatoms. The lowest BCUT2D eigenvalue weighted by atomic mass is 10.2. The van der Waals surface area contributed by atoms with Gasteiger partial charge in [0.2, 0.25) is 0 Å². The number of carbonyl (C=O) groups is 1. The third-order valence-electron chi connectivity index (χ3n) is 2.55. The number of benzene rings is 2. The summed E-state index contributed by atoms with van der Waals surface area (Å²) < 4.78 is 5.63. The van der Waals surface area contributed by atoms with Crippen molar-refractivity contribution in [2.24, 2.45) is 5.84 Å². The average molecular weight is 277 g/mol. The maximum Gasteiger partial charge on any atom is 0.268 e. The fourth-order valence-electron chi connectivity index (χ4n) is 1.65. The van der Waals surface area contributed by atoms with E-state index in [1.807, 2.05) is 18.2 Å². The highest BCUT2D eigenvalue weighted by Crippen LogP contribution is 2.20. The maximum absolute atomic E-state index is 11.6. The van der Waals surface area contributed by atoms with Gasteiger partial charge in [-0.3, -0.25) is 10.2 Å². The van der Waals surface area contributed by atoms with Gasteiger partial charge < -0.3 is 4.74 Å². The smallest absolute Gasteiger partial charge is 0.268 e. The zero-order valence-electron chi connectivity index (χ0n) is 10.1. The maximum atomic E-state index is 11.6. The second-order valence-electron chi connectivity index (χ2n) is 3.89. The van der Waals surface area contributed by atoms with Crippen molar-refractivity contribution in [2.75, 3.05) is 0 Å². The van der Waals surface area contributed by atoms with E-state index in [4.69, 9.17) is 22.2 Å². The van der Waals surface area contributed by atoms with Gasteiger partial charge in [0.15, 0.2) is 0 Å². The second-order valence-corrected chi connectivity index (χ2v) is 4.32. The van der Waals surface area contributed by atoms with Gasteiger partial charge in [0.25, 0.3) is 5.91 Å². The van der Waals surface area contributed by atoms with Crippen molar-refractivity contribution in [3.05, 3.63) is 64.7 Å². The van der Waals surface area contributed by atoms with E-state index < -0.39 is 0 Å². The van der Waals surface area contributed by atoms with Crippen molar-refractivity contribution in [1.82, 2.24) is 5.43 Å². The molecular formula is C14H13ClN2O2. The number of ether oxygens (including phenoxy) is 1. The van der Waals surface area contributed by atoms with Crippen LogP contribution in [0.3, 0.4) is 0 Å². The van der Waals surface area contributed by atoms with E-state index in [-0.39, 0.29) is 5.91 Å². The standard InChI is InChI=1S/C14H13ClN2O2/c15-11-5-3-4-10(8-11)9-19-13-7-2-1-6-12(13)14(18)17-16/h1-8H,9,16H2,(H,17,18). The van der Waals surface area contributed by atoms with Crippen LogP contribution in [0.5, 0.6) is 5.75 Å². The Morgan fingerprint density at radius 2 is 2.00 bits per heavy atom. The highest BCUT2D eigenvalue weighted by Gasteiger charge is 2.10. The minimum Gasteiger partial charge on any atom is -0.488 e. The highest BCUT2D eigenvalue weighted by atomic mass is 35.5. The predicted molar refractivity (Wildman–Crippen MR) is 73.9 cm³/mol. The Morgan fingerprint density at radius 3 is 2.74 bits per heavy atom. The molecule has 2 rings (SSSR count). The molecule has 1 amide bonds. The molecule has 0 aliphatic carbocycles. The van der Waals surface area contributed by atoms with E-state index in [0.717, 1.165) is 5.56 Å². The molecule has 0 radical (unpaired) electrons. The molecule has 0 atom stereocenters. The van der Waals surface area contributed by atoms with E-state index in [1.165, 1.54) is 0 Å². The van der Waals surface area contributed by atoms with Gasteiger partial charge in [0.05, 0.1) is 5.56 Å². The van der Waals surface area contributed by atoms with Gasteiger partial charge in [-0.25, -0.2) is 5.84 Å². The van der Waals surface area contributed by atoms with Crippen molar-refractivity contribution in [3.8, 4) is 5.75 Å². The Balaban J connectivity index is 2.13. The third-order valence-corrected chi connectivity index (χ3v) is 2.78. The van der Waals surface area contributed by atoms with Crippen molar-refractivity contribution < 1.29 is 9.53 Å². The molecule has 0 aliphatic rings. The molecule has 0 unspecified atom stereocenters. The molecule has 0 aromatic heterocycles. The number of carbonyl (C=O) groups excluding carboxylic acids is 1. The Kier molecular flexibility index (Phi) is 4.39. The number of nitrogens with one attached hydrogen (secondary N) is 1. The fourth-order valence-corrected chi connectivity index (χ4v) is 1.86. The number of hydrazine groups is 1. The molecule has 19 heavy (non-hydrogen) atoms. The fraction of sp³-hybridized carbons (Fsp3) is 0.0714. The summed E-state index contributed by atoms with van der Waals surface area (Å²) in [6, 6.07) is 14.3. The van der Waals surface area contributed by atoms with E-state index in [0.29, 0.717) is 22.9 Å². The third kappa shape index (κ3) is 3.47. The first kappa shape index (κ1) is 13.4.